The second-order valence-corrected chi connectivity index (χ2v) is 10.4. The average molecular weight is 529 g/mol. The maximum atomic E-state index is 15.7. The molecule has 0 bridgehead atoms. The predicted molar refractivity (Wildman–Crippen MR) is 142 cm³/mol. The first-order valence-corrected chi connectivity index (χ1v) is 13.2. The lowest BCUT2D eigenvalue weighted by Crippen LogP contribution is -2.41. The number of unbranched alkanes of at least 4 members (excludes halogenated alkanes) is 1. The maximum absolute atomic E-state index is 15.7. The number of hydrogen-bond donors (Lipinski definition) is 1. The molecule has 4 rings (SSSR count). The molecule has 198 valence electrons. The molecule has 7 nitrogen and oxygen atoms in total. The summed E-state index contributed by atoms with van der Waals surface area (Å²) < 4.78 is 21.0. The van der Waals surface area contributed by atoms with Crippen LogP contribution in [0.4, 0.5) is 4.39 Å². The second kappa shape index (κ2) is 12.6. The van der Waals surface area contributed by atoms with E-state index in [1.54, 1.807) is 43.9 Å². The van der Waals surface area contributed by atoms with Gasteiger partial charge in [-0.25, -0.2) is 4.39 Å². The number of piperidine rings is 1. The van der Waals surface area contributed by atoms with Crippen LogP contribution >= 0.6 is 11.6 Å². The fourth-order valence-electron chi connectivity index (χ4n) is 5.38. The van der Waals surface area contributed by atoms with Gasteiger partial charge in [-0.2, -0.15) is 0 Å². The molecule has 1 atom stereocenters. The molecular weight excluding hydrogens is 495 g/mol. The van der Waals surface area contributed by atoms with Crippen molar-refractivity contribution in [3.05, 3.63) is 59.3 Å². The van der Waals surface area contributed by atoms with Crippen LogP contribution in [0, 0.1) is 5.41 Å². The molecule has 1 aromatic carbocycles. The smallest absolute Gasteiger partial charge is 0.303 e. The number of carbonyl (C=O) groups is 1. The van der Waals surface area contributed by atoms with Crippen molar-refractivity contribution >= 4 is 28.5 Å². The molecule has 2 aromatic heterocycles. The number of fused-ring (bicyclic) bond motifs is 1. The molecule has 37 heavy (non-hydrogen) atoms. The van der Waals surface area contributed by atoms with E-state index in [2.05, 4.69) is 19.9 Å². The minimum atomic E-state index is -1.32. The third-order valence-electron chi connectivity index (χ3n) is 7.53. The highest BCUT2D eigenvalue weighted by molar-refractivity contribution is 6.32. The molecule has 1 aliphatic heterocycles. The van der Waals surface area contributed by atoms with E-state index in [-0.39, 0.29) is 17.9 Å². The van der Waals surface area contributed by atoms with Crippen molar-refractivity contribution in [2.24, 2.45) is 5.41 Å². The topological polar surface area (TPSA) is 88.4 Å². The van der Waals surface area contributed by atoms with Gasteiger partial charge in [-0.1, -0.05) is 11.6 Å². The number of nitrogens with zero attached hydrogens (tertiary/aromatic N) is 4. The van der Waals surface area contributed by atoms with Crippen LogP contribution < -0.4 is 4.74 Å². The van der Waals surface area contributed by atoms with Crippen LogP contribution in [0.5, 0.6) is 5.75 Å². The van der Waals surface area contributed by atoms with Gasteiger partial charge in [0.1, 0.15) is 11.9 Å². The van der Waals surface area contributed by atoms with E-state index in [1.165, 1.54) is 6.20 Å². The minimum absolute atomic E-state index is 0.0544. The van der Waals surface area contributed by atoms with Crippen LogP contribution in [0.1, 0.15) is 62.4 Å². The number of benzene rings is 1. The summed E-state index contributed by atoms with van der Waals surface area (Å²) in [5, 5.41) is 10.5. The number of halogens is 2. The first-order valence-electron chi connectivity index (χ1n) is 12.8. The molecule has 0 aliphatic carbocycles. The summed E-state index contributed by atoms with van der Waals surface area (Å²) >= 11 is 6.40. The lowest BCUT2D eigenvalue weighted by molar-refractivity contribution is -0.141. The zero-order chi connectivity index (χ0) is 26.3. The Kier molecular flexibility index (Phi) is 9.27. The van der Waals surface area contributed by atoms with Crippen molar-refractivity contribution in [2.75, 3.05) is 26.7 Å². The lowest BCUT2D eigenvalue weighted by Gasteiger charge is -2.41. The van der Waals surface area contributed by atoms with E-state index in [9.17, 15) is 9.90 Å². The zero-order valence-corrected chi connectivity index (χ0v) is 22.0. The Balaban J connectivity index is 1.35. The molecule has 0 radical (unpaired) electrons. The van der Waals surface area contributed by atoms with Gasteiger partial charge in [0.2, 0.25) is 0 Å². The number of likely N-dealkylation sites (tertiary alicyclic amines) is 1. The molecule has 0 unspecified atom stereocenters. The molecule has 0 saturated carbocycles. The summed E-state index contributed by atoms with van der Waals surface area (Å²) in [5.41, 5.74) is 1.63. The molecule has 1 fully saturated rings. The third kappa shape index (κ3) is 7.14. The first kappa shape index (κ1) is 27.2. The average Bonchev–Trinajstić information content (AvgIpc) is 2.90. The van der Waals surface area contributed by atoms with Crippen LogP contribution in [0.15, 0.2) is 43.0 Å². The molecule has 1 saturated heterocycles. The number of aryl methyl sites for hydroxylation is 1. The Morgan fingerprint density at radius 3 is 2.73 bits per heavy atom. The quantitative estimate of drug-likeness (QED) is 0.286. The Labute approximate surface area is 222 Å². The Morgan fingerprint density at radius 2 is 2.03 bits per heavy atom. The number of rotatable bonds is 12. The van der Waals surface area contributed by atoms with E-state index >= 15 is 4.39 Å². The second-order valence-electron chi connectivity index (χ2n) is 9.98. The molecular formula is C28H34ClFN4O3. The van der Waals surface area contributed by atoms with Crippen LogP contribution in [0.25, 0.3) is 10.9 Å². The van der Waals surface area contributed by atoms with Gasteiger partial charge in [0.15, 0.2) is 0 Å². The number of methoxy groups -OCH3 is 1. The van der Waals surface area contributed by atoms with Gasteiger partial charge in [-0.15, -0.1) is 0 Å². The Morgan fingerprint density at radius 1 is 1.22 bits per heavy atom. The molecule has 3 heterocycles. The predicted octanol–water partition coefficient (Wildman–Crippen LogP) is 6.06. The van der Waals surface area contributed by atoms with E-state index in [0.717, 1.165) is 57.4 Å². The van der Waals surface area contributed by atoms with E-state index in [4.69, 9.17) is 16.3 Å². The highest BCUT2D eigenvalue weighted by Gasteiger charge is 2.37. The number of alkyl halides is 1. The van der Waals surface area contributed by atoms with E-state index in [0.29, 0.717) is 28.6 Å². The number of carboxylic acid groups (broad SMARTS) is 1. The first-order chi connectivity index (χ1) is 17.9. The summed E-state index contributed by atoms with van der Waals surface area (Å²) in [6, 6.07) is 5.33. The number of pyridine rings is 1. The monoisotopic (exact) mass is 528 g/mol. The molecule has 0 amide bonds. The Hall–Kier alpha value is -2.84. The number of aliphatic carboxylic acids is 1. The van der Waals surface area contributed by atoms with Crippen molar-refractivity contribution in [1.82, 2.24) is 19.9 Å². The highest BCUT2D eigenvalue weighted by atomic mass is 35.5. The van der Waals surface area contributed by atoms with E-state index in [1.807, 2.05) is 0 Å². The van der Waals surface area contributed by atoms with Gasteiger partial charge in [0.05, 0.1) is 29.8 Å². The number of hydrogen-bond acceptors (Lipinski definition) is 6. The van der Waals surface area contributed by atoms with Gasteiger partial charge in [0, 0.05) is 35.7 Å². The van der Waals surface area contributed by atoms with Crippen molar-refractivity contribution in [3.8, 4) is 5.75 Å². The summed E-state index contributed by atoms with van der Waals surface area (Å²) in [7, 11) is 1.56. The molecule has 1 N–H and O–H groups in total. The van der Waals surface area contributed by atoms with Crippen molar-refractivity contribution < 1.29 is 19.0 Å². The van der Waals surface area contributed by atoms with Crippen molar-refractivity contribution in [2.45, 2.75) is 57.5 Å². The normalized spacial score (nSPS) is 16.5. The third-order valence-corrected chi connectivity index (χ3v) is 7.83. The standard InChI is InChI=1S/C28H34ClFN4O3/c1-37-21-5-6-25-22(16-21)27(23(29)19-33-25)24(30)7-8-28(17-26(35)36)9-14-34(15-10-28)13-3-2-4-20-18-31-11-12-32-20/h5-6,11-12,16,18-19,24H,2-4,7-10,13-15,17H2,1H3,(H,35,36)/t24-/m1/s1. The number of carboxylic acids is 1. The summed E-state index contributed by atoms with van der Waals surface area (Å²) in [4.78, 5) is 26.9. The minimum Gasteiger partial charge on any atom is -0.497 e. The van der Waals surface area contributed by atoms with Crippen LogP contribution in [0.3, 0.4) is 0 Å². The van der Waals surface area contributed by atoms with Gasteiger partial charge >= 0.3 is 5.97 Å². The van der Waals surface area contributed by atoms with Crippen LogP contribution in [-0.4, -0.2) is 57.7 Å². The summed E-state index contributed by atoms with van der Waals surface area (Å²) in [6.45, 7) is 2.62. The van der Waals surface area contributed by atoms with Gasteiger partial charge in [0.25, 0.3) is 0 Å². The molecule has 0 spiro atoms. The van der Waals surface area contributed by atoms with Gasteiger partial charge in [-0.05, 0) is 88.2 Å². The van der Waals surface area contributed by atoms with Crippen molar-refractivity contribution in [1.29, 1.82) is 0 Å². The zero-order valence-electron chi connectivity index (χ0n) is 21.2. The number of ether oxygens (including phenoxy) is 1. The SMILES string of the molecule is COc1ccc2ncc(Cl)c([C@H](F)CCC3(CC(=O)O)CCN(CCCCc4cnccn4)CC3)c2c1. The fourth-order valence-corrected chi connectivity index (χ4v) is 5.65. The van der Waals surface area contributed by atoms with Gasteiger partial charge < -0.3 is 14.7 Å². The van der Waals surface area contributed by atoms with Crippen molar-refractivity contribution in [3.63, 3.8) is 0 Å². The van der Waals surface area contributed by atoms with E-state index < -0.39 is 17.6 Å². The van der Waals surface area contributed by atoms with Crippen LogP contribution in [0.2, 0.25) is 5.02 Å². The molecule has 3 aromatic rings. The summed E-state index contributed by atoms with van der Waals surface area (Å²) in [5.74, 6) is -0.221. The molecule has 1 aliphatic rings. The Bertz CT molecular complexity index is 1190. The maximum Gasteiger partial charge on any atom is 0.303 e. The molecule has 9 heteroatoms. The fraction of sp³-hybridized carbons (Fsp3) is 0.500. The van der Waals surface area contributed by atoms with Gasteiger partial charge in [-0.3, -0.25) is 19.7 Å². The lowest BCUT2D eigenvalue weighted by atomic mass is 9.71. The van der Waals surface area contributed by atoms with Crippen LogP contribution in [-0.2, 0) is 11.2 Å². The number of aromatic nitrogens is 3. The highest BCUT2D eigenvalue weighted by Crippen LogP contribution is 2.44. The summed E-state index contributed by atoms with van der Waals surface area (Å²) in [6.07, 6.45) is 10.6. The largest absolute Gasteiger partial charge is 0.497 e.